The molecule has 172 valence electrons. The number of benzene rings is 2. The summed E-state index contributed by atoms with van der Waals surface area (Å²) in [4.78, 5) is 42.1. The minimum Gasteiger partial charge on any atom is -0.326 e. The fourth-order valence-electron chi connectivity index (χ4n) is 4.06. The summed E-state index contributed by atoms with van der Waals surface area (Å²) in [6.07, 6.45) is 1.67. The van der Waals surface area contributed by atoms with Crippen LogP contribution in [-0.2, 0) is 9.59 Å². The van der Waals surface area contributed by atoms with Crippen molar-refractivity contribution in [3.8, 4) is 5.69 Å². The standard InChI is InChI=1S/C24H22N6O3S/c1-14-6-3-4-9-20(14)30-22-19(12-25-30)23(33)29-18(13-34-24(29)28-22)11-21(32)27-17-8-5-7-16(10-17)26-15(2)31/h3-10,12,18H,11,13H2,1-2H3,(H,26,31)(H,27,32). The van der Waals surface area contributed by atoms with Crippen molar-refractivity contribution in [3.05, 3.63) is 70.6 Å². The van der Waals surface area contributed by atoms with Gasteiger partial charge in [0.25, 0.3) is 5.56 Å². The van der Waals surface area contributed by atoms with Gasteiger partial charge in [-0.25, -0.2) is 9.67 Å². The Balaban J connectivity index is 1.40. The molecule has 0 fully saturated rings. The zero-order valence-corrected chi connectivity index (χ0v) is 19.4. The lowest BCUT2D eigenvalue weighted by molar-refractivity contribution is -0.117. The molecule has 3 heterocycles. The molecule has 0 bridgehead atoms. The van der Waals surface area contributed by atoms with E-state index in [1.807, 2.05) is 31.2 Å². The lowest BCUT2D eigenvalue weighted by Gasteiger charge is -2.14. The second kappa shape index (κ2) is 8.79. The minimum atomic E-state index is -0.315. The Hall–Kier alpha value is -3.92. The molecule has 34 heavy (non-hydrogen) atoms. The summed E-state index contributed by atoms with van der Waals surface area (Å²) in [5.41, 5.74) is 3.38. The van der Waals surface area contributed by atoms with E-state index >= 15 is 0 Å². The Morgan fingerprint density at radius 3 is 2.65 bits per heavy atom. The van der Waals surface area contributed by atoms with Crippen LogP contribution >= 0.6 is 11.8 Å². The van der Waals surface area contributed by atoms with Gasteiger partial charge in [-0.2, -0.15) is 5.10 Å². The number of amides is 2. The largest absolute Gasteiger partial charge is 0.326 e. The molecule has 2 aromatic carbocycles. The Morgan fingerprint density at radius 1 is 1.12 bits per heavy atom. The zero-order valence-electron chi connectivity index (χ0n) is 18.6. The summed E-state index contributed by atoms with van der Waals surface area (Å²) in [6, 6.07) is 14.4. The number of fused-ring (bicyclic) bond motifs is 2. The first-order chi connectivity index (χ1) is 16.4. The fraction of sp³-hybridized carbons (Fsp3) is 0.208. The first kappa shape index (κ1) is 21.9. The number of nitrogens with one attached hydrogen (secondary N) is 2. The molecule has 10 heteroatoms. The van der Waals surface area contributed by atoms with Crippen LogP contribution in [0.2, 0.25) is 0 Å². The number of hydrogen-bond acceptors (Lipinski definition) is 6. The molecular weight excluding hydrogens is 452 g/mol. The van der Waals surface area contributed by atoms with E-state index in [0.29, 0.717) is 33.3 Å². The van der Waals surface area contributed by atoms with Crippen LogP contribution in [-0.4, -0.2) is 36.9 Å². The van der Waals surface area contributed by atoms with Crippen molar-refractivity contribution >= 4 is 46.0 Å². The van der Waals surface area contributed by atoms with Gasteiger partial charge in [0.05, 0.1) is 17.9 Å². The van der Waals surface area contributed by atoms with Crippen molar-refractivity contribution in [3.63, 3.8) is 0 Å². The number of para-hydroxylation sites is 1. The lowest BCUT2D eigenvalue weighted by atomic mass is 10.2. The van der Waals surface area contributed by atoms with Gasteiger partial charge in [-0.3, -0.25) is 19.0 Å². The Morgan fingerprint density at radius 2 is 1.88 bits per heavy atom. The highest BCUT2D eigenvalue weighted by Gasteiger charge is 2.29. The monoisotopic (exact) mass is 474 g/mol. The van der Waals surface area contributed by atoms with E-state index in [9.17, 15) is 14.4 Å². The summed E-state index contributed by atoms with van der Waals surface area (Å²) in [7, 11) is 0. The molecule has 0 spiro atoms. The number of carbonyl (C=O) groups is 2. The van der Waals surface area contributed by atoms with Gasteiger partial charge in [-0.1, -0.05) is 36.0 Å². The van der Waals surface area contributed by atoms with E-state index in [4.69, 9.17) is 4.98 Å². The SMILES string of the molecule is CC(=O)Nc1cccc(NC(=O)CC2CSc3nc4c(cnn4-c4ccccc4C)c(=O)n32)c1. The topological polar surface area (TPSA) is 111 Å². The van der Waals surface area contributed by atoms with Gasteiger partial charge >= 0.3 is 0 Å². The van der Waals surface area contributed by atoms with Gasteiger partial charge in [0, 0.05) is 30.5 Å². The van der Waals surface area contributed by atoms with Gasteiger partial charge in [0.15, 0.2) is 10.8 Å². The molecule has 1 aliphatic heterocycles. The molecule has 2 amide bonds. The summed E-state index contributed by atoms with van der Waals surface area (Å²) < 4.78 is 3.29. The molecule has 0 saturated heterocycles. The molecule has 1 atom stereocenters. The van der Waals surface area contributed by atoms with E-state index in [-0.39, 0.29) is 29.8 Å². The van der Waals surface area contributed by atoms with Crippen molar-refractivity contribution in [1.29, 1.82) is 0 Å². The highest BCUT2D eigenvalue weighted by atomic mass is 32.2. The van der Waals surface area contributed by atoms with Crippen LogP contribution in [0, 0.1) is 6.92 Å². The van der Waals surface area contributed by atoms with Gasteiger partial charge in [0.2, 0.25) is 11.8 Å². The van der Waals surface area contributed by atoms with Gasteiger partial charge in [-0.05, 0) is 36.8 Å². The zero-order chi connectivity index (χ0) is 23.8. The number of nitrogens with zero attached hydrogens (tertiary/aromatic N) is 4. The number of aryl methyl sites for hydroxylation is 1. The number of carbonyl (C=O) groups excluding carboxylic acids is 2. The second-order valence-corrected chi connectivity index (χ2v) is 9.12. The third kappa shape index (κ3) is 4.08. The summed E-state index contributed by atoms with van der Waals surface area (Å²) in [6.45, 7) is 3.41. The summed E-state index contributed by atoms with van der Waals surface area (Å²) in [5, 5.41) is 11.0. The van der Waals surface area contributed by atoms with E-state index in [2.05, 4.69) is 15.7 Å². The van der Waals surface area contributed by atoms with Crippen LogP contribution in [0.25, 0.3) is 16.7 Å². The predicted octanol–water partition coefficient (Wildman–Crippen LogP) is 3.52. The first-order valence-corrected chi connectivity index (χ1v) is 11.8. The minimum absolute atomic E-state index is 0.128. The van der Waals surface area contributed by atoms with E-state index in [1.165, 1.54) is 24.9 Å². The molecule has 1 unspecified atom stereocenters. The number of aromatic nitrogens is 4. The average Bonchev–Trinajstić information content (AvgIpc) is 3.39. The highest BCUT2D eigenvalue weighted by molar-refractivity contribution is 7.99. The van der Waals surface area contributed by atoms with Gasteiger partial charge < -0.3 is 10.6 Å². The first-order valence-electron chi connectivity index (χ1n) is 10.8. The maximum atomic E-state index is 13.3. The molecule has 0 aliphatic carbocycles. The number of rotatable bonds is 5. The third-order valence-electron chi connectivity index (χ3n) is 5.60. The van der Waals surface area contributed by atoms with Gasteiger partial charge in [-0.15, -0.1) is 0 Å². The Labute approximate surface area is 199 Å². The molecule has 1 aliphatic rings. The average molecular weight is 475 g/mol. The van der Waals surface area contributed by atoms with Crippen LogP contribution in [0.5, 0.6) is 0 Å². The smallest absolute Gasteiger partial charge is 0.265 e. The fourth-order valence-corrected chi connectivity index (χ4v) is 5.19. The van der Waals surface area contributed by atoms with Crippen LogP contribution in [0.4, 0.5) is 11.4 Å². The maximum absolute atomic E-state index is 13.3. The lowest BCUT2D eigenvalue weighted by Crippen LogP contribution is -2.27. The van der Waals surface area contributed by atoms with E-state index in [1.54, 1.807) is 33.5 Å². The number of anilines is 2. The molecule has 2 N–H and O–H groups in total. The van der Waals surface area contributed by atoms with Crippen LogP contribution in [0.3, 0.4) is 0 Å². The maximum Gasteiger partial charge on any atom is 0.265 e. The van der Waals surface area contributed by atoms with E-state index in [0.717, 1.165) is 11.3 Å². The molecule has 0 saturated carbocycles. The summed E-state index contributed by atoms with van der Waals surface area (Å²) in [5.74, 6) is 0.166. The Kier molecular flexibility index (Phi) is 5.66. The normalized spacial score (nSPS) is 14.7. The van der Waals surface area contributed by atoms with Crippen molar-refractivity contribution in [1.82, 2.24) is 19.3 Å². The van der Waals surface area contributed by atoms with E-state index < -0.39 is 0 Å². The van der Waals surface area contributed by atoms with Crippen molar-refractivity contribution in [2.75, 3.05) is 16.4 Å². The molecule has 4 aromatic rings. The van der Waals surface area contributed by atoms with Crippen LogP contribution in [0.15, 0.2) is 64.7 Å². The number of hydrogen-bond donors (Lipinski definition) is 2. The second-order valence-electron chi connectivity index (χ2n) is 8.13. The van der Waals surface area contributed by atoms with Crippen LogP contribution < -0.4 is 16.2 Å². The Bertz CT molecular complexity index is 1490. The van der Waals surface area contributed by atoms with Crippen molar-refractivity contribution in [2.24, 2.45) is 0 Å². The van der Waals surface area contributed by atoms with Crippen molar-refractivity contribution in [2.45, 2.75) is 31.5 Å². The van der Waals surface area contributed by atoms with Crippen LogP contribution in [0.1, 0.15) is 24.9 Å². The van der Waals surface area contributed by atoms with Gasteiger partial charge in [0.1, 0.15) is 5.39 Å². The summed E-state index contributed by atoms with van der Waals surface area (Å²) >= 11 is 1.46. The molecule has 2 aromatic heterocycles. The van der Waals surface area contributed by atoms with Crippen molar-refractivity contribution < 1.29 is 9.59 Å². The number of thioether (sulfide) groups is 1. The molecule has 9 nitrogen and oxygen atoms in total. The highest BCUT2D eigenvalue weighted by Crippen LogP contribution is 2.33. The third-order valence-corrected chi connectivity index (χ3v) is 6.70. The predicted molar refractivity (Wildman–Crippen MR) is 132 cm³/mol. The quantitative estimate of drug-likeness (QED) is 0.428. The molecule has 0 radical (unpaired) electrons. The molecular formula is C24H22N6O3S. The molecule has 5 rings (SSSR count).